The van der Waals surface area contributed by atoms with Crippen LogP contribution in [0.25, 0.3) is 0 Å². The summed E-state index contributed by atoms with van der Waals surface area (Å²) in [7, 11) is 8.84. The number of rotatable bonds is 2. The van der Waals surface area contributed by atoms with Gasteiger partial charge in [0.15, 0.2) is 0 Å². The minimum absolute atomic E-state index is 1.01. The van der Waals surface area contributed by atoms with Gasteiger partial charge in [-0.3, -0.25) is 9.17 Å². The van der Waals surface area contributed by atoms with Gasteiger partial charge in [0.25, 0.3) is 7.55 Å². The maximum absolute atomic E-state index is 2.99. The van der Waals surface area contributed by atoms with E-state index in [4.69, 9.17) is 0 Å². The molecule has 1 aliphatic heterocycles. The van der Waals surface area contributed by atoms with Crippen molar-refractivity contribution in [3.63, 3.8) is 0 Å². The van der Waals surface area contributed by atoms with Crippen LogP contribution in [0, 0.1) is 0 Å². The quantitative estimate of drug-likeness (QED) is 0.340. The Labute approximate surface area is 78.5 Å². The molecule has 3 radical (unpaired) electrons. The second kappa shape index (κ2) is 4.62. The minimum atomic E-state index is 1.01. The zero-order valence-corrected chi connectivity index (χ0v) is 13.1. The van der Waals surface area contributed by atoms with Crippen LogP contribution in [0.1, 0.15) is 0 Å². The van der Waals surface area contributed by atoms with Gasteiger partial charge in [-0.15, -0.1) is 0 Å². The van der Waals surface area contributed by atoms with E-state index in [1.54, 1.807) is 7.55 Å². The first-order valence-corrected chi connectivity index (χ1v) is 6.10. The number of nitrogens with one attached hydrogen (secondary N) is 2. The van der Waals surface area contributed by atoms with E-state index in [-0.39, 0.29) is 0 Å². The third-order valence-electron chi connectivity index (χ3n) is 1.49. The fourth-order valence-electron chi connectivity index (χ4n) is 0.686. The maximum Gasteiger partial charge on any atom is 0.302 e. The summed E-state index contributed by atoms with van der Waals surface area (Å²) in [6.07, 6.45) is 0. The Balaban J connectivity index is 2.32. The molecule has 1 rings (SSSR count). The van der Waals surface area contributed by atoms with Crippen LogP contribution in [-0.4, -0.2) is 67.8 Å². The lowest BCUT2D eigenvalue weighted by Gasteiger charge is -2.39. The van der Waals surface area contributed by atoms with E-state index < -0.39 is 0 Å². The molecule has 1 fully saturated rings. The van der Waals surface area contributed by atoms with Gasteiger partial charge in [0, 0.05) is 0 Å². The van der Waals surface area contributed by atoms with Gasteiger partial charge in [0.1, 0.15) is 10.4 Å². The zero-order chi connectivity index (χ0) is 8.27. The average Bonchev–Trinajstić information content (AvgIpc) is 2.05. The van der Waals surface area contributed by atoms with E-state index in [0.29, 0.717) is 0 Å². The Morgan fingerprint density at radius 1 is 1.09 bits per heavy atom. The van der Waals surface area contributed by atoms with Crippen LogP contribution >= 0.6 is 0 Å². The van der Waals surface area contributed by atoms with E-state index >= 15 is 0 Å². The fourth-order valence-corrected chi connectivity index (χ4v) is 1.33. The van der Waals surface area contributed by atoms with Crippen LogP contribution in [-0.2, 0) is 0 Å². The molecule has 1 saturated heterocycles. The molecule has 0 aliphatic carbocycles. The van der Waals surface area contributed by atoms with Crippen molar-refractivity contribution in [1.29, 1.82) is 0 Å². The second-order valence-corrected chi connectivity index (χ2v) is 7.63. The fraction of sp³-hybridized carbons (Fsp3) is 0. The molecule has 2 N–H and O–H groups in total. The first-order chi connectivity index (χ1) is 5.22. The Morgan fingerprint density at radius 2 is 1.64 bits per heavy atom. The van der Waals surface area contributed by atoms with Crippen LogP contribution in [0.2, 0.25) is 0 Å². The molecule has 0 saturated carbocycles. The molecule has 0 aromatic carbocycles. The maximum atomic E-state index is 2.99. The molecular formula is H11B3N5Si3. The third kappa shape index (κ3) is 2.87. The first kappa shape index (κ1) is 9.73. The van der Waals surface area contributed by atoms with Crippen molar-refractivity contribution in [2.24, 2.45) is 0 Å². The van der Waals surface area contributed by atoms with E-state index in [1.807, 2.05) is 19.9 Å². The molecule has 11 heavy (non-hydrogen) atoms. The molecule has 0 aromatic heterocycles. The van der Waals surface area contributed by atoms with Crippen LogP contribution in [0.3, 0.4) is 0 Å². The highest BCUT2D eigenvalue weighted by Gasteiger charge is 2.18. The standard InChI is InChI=1S/B3H11N5Si3/c9-7(8(10)11)6-2-4-1-5-3-6/h4-5H,9-11H3. The first-order valence-electron chi connectivity index (χ1n) is 3.41. The van der Waals surface area contributed by atoms with E-state index in [9.17, 15) is 0 Å². The van der Waals surface area contributed by atoms with Crippen molar-refractivity contribution in [3.05, 3.63) is 0 Å². The summed E-state index contributed by atoms with van der Waals surface area (Å²) in [6, 6.07) is 0. The van der Waals surface area contributed by atoms with Crippen molar-refractivity contribution < 1.29 is 0 Å². The van der Waals surface area contributed by atoms with Gasteiger partial charge in [0.05, 0.1) is 20.8 Å². The number of nitrogens with zero attached hydrogens (tertiary/aromatic N) is 3. The Hall–Kier alpha value is 0.645. The van der Waals surface area contributed by atoms with Crippen molar-refractivity contribution in [2.75, 3.05) is 0 Å². The zero-order valence-electron chi connectivity index (χ0n) is 7.07. The Morgan fingerprint density at radius 3 is 2.09 bits per heavy atom. The number of hydrogen-bond acceptors (Lipinski definition) is 5. The largest absolute Gasteiger partial charge is 0.378 e. The summed E-state index contributed by atoms with van der Waals surface area (Å²) >= 11 is 0. The monoisotopic (exact) mass is 198 g/mol. The molecule has 1 aliphatic rings. The molecule has 0 unspecified atom stereocenters. The molecule has 57 valence electrons. The van der Waals surface area contributed by atoms with Crippen LogP contribution in [0.5, 0.6) is 0 Å². The lowest BCUT2D eigenvalue weighted by Crippen LogP contribution is -2.65. The molecule has 0 atom stereocenters. The lowest BCUT2D eigenvalue weighted by molar-refractivity contribution is 0.144. The minimum Gasteiger partial charge on any atom is -0.378 e. The van der Waals surface area contributed by atoms with Gasteiger partial charge in [-0.2, -0.15) is 0 Å². The van der Waals surface area contributed by atoms with Gasteiger partial charge < -0.3 is 10.3 Å². The predicted molar refractivity (Wildman–Crippen MR) is 58.9 cm³/mol. The summed E-state index contributed by atoms with van der Waals surface area (Å²) in [6.45, 7) is 0. The summed E-state index contributed by atoms with van der Waals surface area (Å²) in [4.78, 5) is 4.22. The van der Waals surface area contributed by atoms with Gasteiger partial charge in [-0.25, -0.2) is 4.78 Å². The highest BCUT2D eigenvalue weighted by atomic mass is 28.2. The second-order valence-electron chi connectivity index (χ2n) is 2.45. The molecule has 0 bridgehead atoms. The summed E-state index contributed by atoms with van der Waals surface area (Å²) in [5.41, 5.74) is 0. The van der Waals surface area contributed by atoms with Crippen molar-refractivity contribution in [3.8, 4) is 0 Å². The normalized spacial score (nSPS) is 20.2. The highest BCUT2D eigenvalue weighted by molar-refractivity contribution is 6.65. The van der Waals surface area contributed by atoms with E-state index in [2.05, 4.69) is 19.4 Å². The van der Waals surface area contributed by atoms with Gasteiger partial charge in [-0.05, 0) is 0 Å². The van der Waals surface area contributed by atoms with Crippen LogP contribution in [0.15, 0.2) is 0 Å². The van der Waals surface area contributed by atoms with Gasteiger partial charge >= 0.3 is 15.1 Å². The molecule has 1 heterocycles. The molecular weight excluding hydrogens is 187 g/mol. The smallest absolute Gasteiger partial charge is 0.302 e. The molecule has 11 heteroatoms. The van der Waals surface area contributed by atoms with Gasteiger partial charge in [0.2, 0.25) is 0 Å². The molecule has 0 amide bonds. The number of hydrazine groups is 2. The lowest BCUT2D eigenvalue weighted by atomic mass is 9.83. The third-order valence-corrected chi connectivity index (χ3v) is 5.51. The van der Waals surface area contributed by atoms with E-state index in [0.717, 1.165) is 31.2 Å². The number of hydrogen-bond donors (Lipinski definition) is 2. The molecule has 5 nitrogen and oxygen atoms in total. The van der Waals surface area contributed by atoms with Crippen molar-refractivity contribution in [1.82, 2.24) is 24.2 Å². The molecule has 0 spiro atoms. The SMILES string of the molecule is [SiH3]N([SiH3])N([SiH3])N1[B]N[B]N[B]1. The van der Waals surface area contributed by atoms with Gasteiger partial charge in [-0.1, -0.05) is 0 Å². The van der Waals surface area contributed by atoms with Crippen molar-refractivity contribution in [2.45, 2.75) is 0 Å². The van der Waals surface area contributed by atoms with E-state index in [1.165, 1.54) is 0 Å². The van der Waals surface area contributed by atoms with Crippen LogP contribution in [0.4, 0.5) is 0 Å². The summed E-state index contributed by atoms with van der Waals surface area (Å²) in [5.74, 6) is 0. The van der Waals surface area contributed by atoms with Crippen LogP contribution < -0.4 is 10.3 Å². The molecule has 0 aromatic rings. The average molecular weight is 198 g/mol. The Kier molecular flexibility index (Phi) is 4.08. The highest BCUT2D eigenvalue weighted by Crippen LogP contribution is 1.89. The Bertz CT molecular complexity index is 116. The van der Waals surface area contributed by atoms with Crippen molar-refractivity contribution >= 4 is 53.9 Å². The predicted octanol–water partition coefficient (Wildman–Crippen LogP) is -6.64. The summed E-state index contributed by atoms with van der Waals surface area (Å²) in [5, 5.41) is 5.98. The summed E-state index contributed by atoms with van der Waals surface area (Å²) < 4.78 is 2.30. The topological polar surface area (TPSA) is 33.8 Å².